The fraction of sp³-hybridized carbons (Fsp3) is 0.281. The van der Waals surface area contributed by atoms with Crippen molar-refractivity contribution >= 4 is 45.2 Å². The van der Waals surface area contributed by atoms with Gasteiger partial charge in [0.25, 0.3) is 0 Å². The van der Waals surface area contributed by atoms with Gasteiger partial charge in [-0.2, -0.15) is 9.97 Å². The molecule has 4 heterocycles. The second-order valence-electron chi connectivity index (χ2n) is 11.0. The van der Waals surface area contributed by atoms with E-state index in [1.54, 1.807) is 18.2 Å². The van der Waals surface area contributed by atoms with Gasteiger partial charge in [-0.3, -0.25) is 0 Å². The summed E-state index contributed by atoms with van der Waals surface area (Å²) in [5, 5.41) is 12.7. The predicted octanol–water partition coefficient (Wildman–Crippen LogP) is 6.28. The lowest BCUT2D eigenvalue weighted by atomic mass is 9.96. The number of aromatic hydroxyl groups is 1. The third-order valence-corrected chi connectivity index (χ3v) is 8.73. The summed E-state index contributed by atoms with van der Waals surface area (Å²) in [6, 6.07) is 12.8. The lowest BCUT2D eigenvalue weighted by Crippen LogP contribution is -2.35. The van der Waals surface area contributed by atoms with Crippen molar-refractivity contribution in [3.05, 3.63) is 77.6 Å². The van der Waals surface area contributed by atoms with Gasteiger partial charge < -0.3 is 24.2 Å². The Morgan fingerprint density at radius 3 is 2.81 bits per heavy atom. The van der Waals surface area contributed by atoms with Gasteiger partial charge in [-0.1, -0.05) is 42.4 Å². The average Bonchev–Trinajstić information content (AvgIpc) is 3.60. The Morgan fingerprint density at radius 1 is 1.14 bits per heavy atom. The van der Waals surface area contributed by atoms with Crippen molar-refractivity contribution in [2.24, 2.45) is 0 Å². The van der Waals surface area contributed by atoms with Gasteiger partial charge in [0.15, 0.2) is 5.82 Å². The minimum absolute atomic E-state index is 0.0242. The molecule has 5 aromatic rings. The van der Waals surface area contributed by atoms with Gasteiger partial charge in [-0.15, -0.1) is 0 Å². The molecule has 0 spiro atoms. The summed E-state index contributed by atoms with van der Waals surface area (Å²) in [4.78, 5) is 18.2. The van der Waals surface area contributed by atoms with E-state index < -0.39 is 5.82 Å². The largest absolute Gasteiger partial charge is 0.508 e. The molecule has 42 heavy (non-hydrogen) atoms. The second kappa shape index (κ2) is 10.6. The van der Waals surface area contributed by atoms with E-state index in [-0.39, 0.29) is 33.9 Å². The highest BCUT2D eigenvalue weighted by atomic mass is 35.5. The number of likely N-dealkylation sites (N-methyl/N-ethyl adjacent to an activating group) is 1. The summed E-state index contributed by atoms with van der Waals surface area (Å²) in [5.74, 6) is 0.807. The number of hydrogen-bond acceptors (Lipinski definition) is 7. The molecule has 10 heteroatoms. The van der Waals surface area contributed by atoms with Crippen LogP contribution < -0.4 is 9.64 Å². The molecule has 2 aliphatic rings. The number of hydrogen-bond donors (Lipinski definition) is 1. The molecule has 3 aromatic carbocycles. The lowest BCUT2D eigenvalue weighted by molar-refractivity contribution is 0.188. The highest BCUT2D eigenvalue weighted by Gasteiger charge is 2.27. The fourth-order valence-electron chi connectivity index (χ4n) is 6.23. The molecular formula is C32H30ClFN6O2. The van der Waals surface area contributed by atoms with Crippen LogP contribution in [-0.4, -0.2) is 62.3 Å². The topological polar surface area (TPSA) is 79.5 Å². The van der Waals surface area contributed by atoms with E-state index in [0.717, 1.165) is 41.7 Å². The number of nitrogens with zero attached hydrogens (tertiary/aromatic N) is 6. The summed E-state index contributed by atoms with van der Waals surface area (Å²) in [6.45, 7) is 7.12. The summed E-state index contributed by atoms with van der Waals surface area (Å²) in [5.41, 5.74) is 1.79. The van der Waals surface area contributed by atoms with E-state index in [9.17, 15) is 5.11 Å². The monoisotopic (exact) mass is 584 g/mol. The maximum Gasteiger partial charge on any atom is 0.319 e. The van der Waals surface area contributed by atoms with Crippen LogP contribution in [0.5, 0.6) is 11.8 Å². The number of anilines is 1. The number of benzene rings is 3. The number of fused-ring (bicyclic) bond motifs is 3. The Kier molecular flexibility index (Phi) is 6.71. The minimum atomic E-state index is -0.587. The first-order valence-corrected chi connectivity index (χ1v) is 14.5. The molecule has 0 bridgehead atoms. The SMILES string of the molecule is C=Cc1ncc2n1CCN(c1nc(OC[C@@H]3CCCN3C)nc3c(F)c(-c4cc(O)cc5ccccc45)c(Cl)cc13)C2. The minimum Gasteiger partial charge on any atom is -0.508 e. The molecule has 1 fully saturated rings. The Bertz CT molecular complexity index is 1860. The molecule has 2 aromatic heterocycles. The number of ether oxygens (including phenoxy) is 1. The Hall–Kier alpha value is -4.21. The zero-order chi connectivity index (χ0) is 29.0. The lowest BCUT2D eigenvalue weighted by Gasteiger charge is -2.30. The van der Waals surface area contributed by atoms with Crippen molar-refractivity contribution in [2.45, 2.75) is 32.0 Å². The van der Waals surface area contributed by atoms with Crippen LogP contribution in [0.3, 0.4) is 0 Å². The number of rotatable bonds is 6. The van der Waals surface area contributed by atoms with Crippen LogP contribution in [0.4, 0.5) is 10.2 Å². The normalized spacial score (nSPS) is 17.2. The van der Waals surface area contributed by atoms with E-state index in [1.165, 1.54) is 6.07 Å². The van der Waals surface area contributed by atoms with Crippen molar-refractivity contribution < 1.29 is 14.2 Å². The number of phenols is 1. The number of likely N-dealkylation sites (tertiary alicyclic amines) is 1. The molecule has 1 saturated heterocycles. The van der Waals surface area contributed by atoms with Crippen molar-refractivity contribution in [1.29, 1.82) is 0 Å². The van der Waals surface area contributed by atoms with Crippen LogP contribution >= 0.6 is 11.6 Å². The van der Waals surface area contributed by atoms with E-state index >= 15 is 4.39 Å². The Morgan fingerprint density at radius 2 is 2.00 bits per heavy atom. The molecule has 1 N–H and O–H groups in total. The standard InChI is InChI=1S/C32H30ClFN6O2/c1-3-27-35-16-21-17-39(11-12-40(21)27)31-25-15-26(33)28(24-14-22(41)13-19-7-4-5-9-23(19)24)29(34)30(25)36-32(37-31)42-18-20-8-6-10-38(20)2/h3-5,7,9,13-16,20,41H,1,6,8,10-12,17-18H2,2H3/t20-/m0/s1. The quantitative estimate of drug-likeness (QED) is 0.252. The van der Waals surface area contributed by atoms with Crippen LogP contribution in [0.25, 0.3) is 38.9 Å². The summed E-state index contributed by atoms with van der Waals surface area (Å²) in [6.07, 6.45) is 5.71. The van der Waals surface area contributed by atoms with Gasteiger partial charge in [0.1, 0.15) is 29.5 Å². The van der Waals surface area contributed by atoms with Crippen molar-refractivity contribution in [1.82, 2.24) is 24.4 Å². The number of imidazole rings is 1. The molecule has 0 amide bonds. The summed E-state index contributed by atoms with van der Waals surface area (Å²) < 4.78 is 25.0. The first-order valence-electron chi connectivity index (χ1n) is 14.1. The molecule has 1 atom stereocenters. The molecule has 7 rings (SSSR count). The maximum absolute atomic E-state index is 16.7. The van der Waals surface area contributed by atoms with Crippen LogP contribution in [0.1, 0.15) is 24.4 Å². The highest BCUT2D eigenvalue weighted by Crippen LogP contribution is 2.42. The van der Waals surface area contributed by atoms with Crippen LogP contribution in [0.2, 0.25) is 5.02 Å². The van der Waals surface area contributed by atoms with Crippen molar-refractivity contribution in [3.8, 4) is 22.9 Å². The third-order valence-electron chi connectivity index (χ3n) is 8.43. The first-order chi connectivity index (χ1) is 20.4. The summed E-state index contributed by atoms with van der Waals surface area (Å²) >= 11 is 6.86. The smallest absolute Gasteiger partial charge is 0.319 e. The Balaban J connectivity index is 1.38. The molecule has 2 aliphatic heterocycles. The van der Waals surface area contributed by atoms with Crippen molar-refractivity contribution in [2.75, 3.05) is 31.6 Å². The first kappa shape index (κ1) is 26.7. The molecule has 0 aliphatic carbocycles. The highest BCUT2D eigenvalue weighted by molar-refractivity contribution is 6.35. The molecule has 8 nitrogen and oxygen atoms in total. The second-order valence-corrected chi connectivity index (χ2v) is 11.4. The van der Waals surface area contributed by atoms with E-state index in [4.69, 9.17) is 21.3 Å². The van der Waals surface area contributed by atoms with Crippen LogP contribution in [0, 0.1) is 5.82 Å². The van der Waals surface area contributed by atoms with E-state index in [1.807, 2.05) is 30.5 Å². The number of halogens is 2. The molecule has 214 valence electrons. The average molecular weight is 585 g/mol. The predicted molar refractivity (Wildman–Crippen MR) is 164 cm³/mol. The molecule has 0 unspecified atom stereocenters. The molecule has 0 radical (unpaired) electrons. The summed E-state index contributed by atoms with van der Waals surface area (Å²) in [7, 11) is 2.08. The zero-order valence-corrected chi connectivity index (χ0v) is 24.0. The maximum atomic E-state index is 16.7. The van der Waals surface area contributed by atoms with Gasteiger partial charge in [0.05, 0.1) is 23.5 Å². The van der Waals surface area contributed by atoms with Gasteiger partial charge in [-0.05, 0) is 67.0 Å². The number of phenolic OH excluding ortho intramolecular Hbond substituents is 1. The van der Waals surface area contributed by atoms with Gasteiger partial charge in [0.2, 0.25) is 0 Å². The number of aromatic nitrogens is 4. The molecule has 0 saturated carbocycles. The van der Waals surface area contributed by atoms with E-state index in [0.29, 0.717) is 43.0 Å². The fourth-order valence-corrected chi connectivity index (χ4v) is 6.52. The van der Waals surface area contributed by atoms with Gasteiger partial charge >= 0.3 is 6.01 Å². The zero-order valence-electron chi connectivity index (χ0n) is 23.2. The third kappa shape index (κ3) is 4.53. The van der Waals surface area contributed by atoms with Crippen molar-refractivity contribution in [3.63, 3.8) is 0 Å². The van der Waals surface area contributed by atoms with Crippen LogP contribution in [-0.2, 0) is 13.1 Å². The van der Waals surface area contributed by atoms with E-state index in [2.05, 4.69) is 38.0 Å². The van der Waals surface area contributed by atoms with Crippen LogP contribution in [0.15, 0.2) is 55.2 Å². The molecular weight excluding hydrogens is 555 g/mol. The Labute approximate surface area is 247 Å². The van der Waals surface area contributed by atoms with Gasteiger partial charge in [0, 0.05) is 30.1 Å². The van der Waals surface area contributed by atoms with Gasteiger partial charge in [-0.25, -0.2) is 9.37 Å².